The molecule has 0 atom stereocenters. The molecule has 10 heavy (non-hydrogen) atoms. The van der Waals surface area contributed by atoms with Crippen molar-refractivity contribution in [2.45, 2.75) is 0 Å². The molecule has 0 aromatic carbocycles. The van der Waals surface area contributed by atoms with Gasteiger partial charge >= 0.3 is 11.9 Å². The number of aliphatic carboxylic acids is 1. The lowest BCUT2D eigenvalue weighted by molar-refractivity contribution is -0.132. The summed E-state index contributed by atoms with van der Waals surface area (Å²) < 4.78 is 0.641. The Morgan fingerprint density at radius 1 is 1.50 bits per heavy atom. The van der Waals surface area contributed by atoms with Gasteiger partial charge < -0.3 is 5.11 Å². The van der Waals surface area contributed by atoms with Crippen molar-refractivity contribution >= 4 is 11.9 Å². The van der Waals surface area contributed by atoms with Gasteiger partial charge in [0.1, 0.15) is 12.7 Å². The van der Waals surface area contributed by atoms with Gasteiger partial charge in [-0.1, -0.05) is 0 Å². The summed E-state index contributed by atoms with van der Waals surface area (Å²) in [6.45, 7) is 0. The Kier molecular flexibility index (Phi) is 1.44. The molecule has 1 N–H and O–H groups in total. The third-order valence-electron chi connectivity index (χ3n) is 0.810. The van der Waals surface area contributed by atoms with Crippen molar-refractivity contribution in [1.82, 2.24) is 14.8 Å². The number of aromatic nitrogens is 3. The smallest absolute Gasteiger partial charge is 0.396 e. The topological polar surface area (TPSA) is 85.1 Å². The molecule has 0 saturated heterocycles. The molecule has 0 aliphatic rings. The van der Waals surface area contributed by atoms with Crippen LogP contribution in [-0.4, -0.2) is 31.7 Å². The van der Waals surface area contributed by atoms with Gasteiger partial charge in [-0.2, -0.15) is 9.78 Å². The molecular weight excluding hydrogens is 138 g/mol. The fourth-order valence-corrected chi connectivity index (χ4v) is 0.411. The van der Waals surface area contributed by atoms with E-state index in [1.165, 1.54) is 0 Å². The standard InChI is InChI=1S/C4H3N3O3/c8-3(4(9)10)7-2-5-1-6-7/h1-2H,(H,9,10). The number of carbonyl (C=O) groups is 2. The zero-order valence-corrected chi connectivity index (χ0v) is 4.76. The second-order valence-electron chi connectivity index (χ2n) is 1.45. The van der Waals surface area contributed by atoms with Gasteiger partial charge in [-0.15, -0.1) is 0 Å². The zero-order chi connectivity index (χ0) is 7.56. The number of carbonyl (C=O) groups excluding carboxylic acids is 1. The van der Waals surface area contributed by atoms with Crippen LogP contribution in [0.25, 0.3) is 0 Å². The highest BCUT2D eigenvalue weighted by Gasteiger charge is 2.13. The van der Waals surface area contributed by atoms with E-state index in [1.54, 1.807) is 0 Å². The summed E-state index contributed by atoms with van der Waals surface area (Å²) in [6, 6.07) is 0. The summed E-state index contributed by atoms with van der Waals surface area (Å²) in [5.74, 6) is -2.66. The van der Waals surface area contributed by atoms with Crippen LogP contribution in [0, 0.1) is 0 Å². The number of hydrogen-bond donors (Lipinski definition) is 1. The molecule has 1 aromatic rings. The van der Waals surface area contributed by atoms with Crippen molar-refractivity contribution in [3.63, 3.8) is 0 Å². The molecule has 0 aliphatic heterocycles. The maximum Gasteiger partial charge on any atom is 0.396 e. The van der Waals surface area contributed by atoms with Crippen LogP contribution in [0.5, 0.6) is 0 Å². The fourth-order valence-electron chi connectivity index (χ4n) is 0.411. The van der Waals surface area contributed by atoms with Crippen molar-refractivity contribution in [3.05, 3.63) is 12.7 Å². The lowest BCUT2D eigenvalue weighted by Crippen LogP contribution is -2.21. The molecule has 0 spiro atoms. The van der Waals surface area contributed by atoms with E-state index in [2.05, 4.69) is 10.1 Å². The number of hydrogen-bond acceptors (Lipinski definition) is 4. The largest absolute Gasteiger partial charge is 0.474 e. The first-order chi connectivity index (χ1) is 4.72. The van der Waals surface area contributed by atoms with Crippen molar-refractivity contribution < 1.29 is 14.7 Å². The highest BCUT2D eigenvalue weighted by atomic mass is 16.4. The maximum absolute atomic E-state index is 10.5. The van der Waals surface area contributed by atoms with E-state index in [0.717, 1.165) is 12.7 Å². The van der Waals surface area contributed by atoms with Gasteiger partial charge in [0.2, 0.25) is 0 Å². The van der Waals surface area contributed by atoms with Gasteiger partial charge in [-0.3, -0.25) is 4.79 Å². The Balaban J connectivity index is 2.88. The Labute approximate surface area is 55.1 Å². The minimum absolute atomic E-state index is 0.641. The predicted octanol–water partition coefficient (Wildman–Crippen LogP) is -0.997. The molecule has 1 aromatic heterocycles. The third kappa shape index (κ3) is 0.993. The van der Waals surface area contributed by atoms with Gasteiger partial charge in [0.15, 0.2) is 0 Å². The lowest BCUT2D eigenvalue weighted by atomic mass is 10.6. The van der Waals surface area contributed by atoms with E-state index in [9.17, 15) is 9.59 Å². The van der Waals surface area contributed by atoms with Crippen LogP contribution in [0.3, 0.4) is 0 Å². The monoisotopic (exact) mass is 141 g/mol. The number of carboxylic acids is 1. The summed E-state index contributed by atoms with van der Waals surface area (Å²) in [4.78, 5) is 23.8. The minimum Gasteiger partial charge on any atom is -0.474 e. The Bertz CT molecular complexity index is 253. The highest BCUT2D eigenvalue weighted by Crippen LogP contribution is 1.79. The second kappa shape index (κ2) is 2.26. The molecule has 0 saturated carbocycles. The zero-order valence-electron chi connectivity index (χ0n) is 4.76. The molecule has 52 valence electrons. The normalized spacial score (nSPS) is 9.20. The molecule has 1 heterocycles. The lowest BCUT2D eigenvalue weighted by Gasteiger charge is -1.88. The molecule has 0 amide bonds. The summed E-state index contributed by atoms with van der Waals surface area (Å²) in [5.41, 5.74) is 0. The average molecular weight is 141 g/mol. The Hall–Kier alpha value is -1.72. The molecule has 1 rings (SSSR count). The van der Waals surface area contributed by atoms with Crippen LogP contribution in [0.2, 0.25) is 0 Å². The molecular formula is C4H3N3O3. The maximum atomic E-state index is 10.5. The first-order valence-electron chi connectivity index (χ1n) is 2.34. The highest BCUT2D eigenvalue weighted by molar-refractivity contribution is 6.32. The van der Waals surface area contributed by atoms with Gasteiger partial charge in [-0.25, -0.2) is 9.78 Å². The van der Waals surface area contributed by atoms with Crippen LogP contribution in [-0.2, 0) is 4.79 Å². The van der Waals surface area contributed by atoms with E-state index >= 15 is 0 Å². The number of rotatable bonds is 0. The summed E-state index contributed by atoms with van der Waals surface area (Å²) >= 11 is 0. The summed E-state index contributed by atoms with van der Waals surface area (Å²) in [6.07, 6.45) is 2.11. The van der Waals surface area contributed by atoms with Crippen LogP contribution in [0.4, 0.5) is 0 Å². The summed E-state index contributed by atoms with van der Waals surface area (Å²) in [5, 5.41) is 11.4. The molecule has 0 fully saturated rings. The van der Waals surface area contributed by atoms with E-state index in [0.29, 0.717) is 4.68 Å². The predicted molar refractivity (Wildman–Crippen MR) is 28.3 cm³/mol. The first kappa shape index (κ1) is 6.40. The molecule has 6 nitrogen and oxygen atoms in total. The second-order valence-corrected chi connectivity index (χ2v) is 1.45. The van der Waals surface area contributed by atoms with Gasteiger partial charge in [0.05, 0.1) is 0 Å². The van der Waals surface area contributed by atoms with Crippen molar-refractivity contribution in [1.29, 1.82) is 0 Å². The number of nitrogens with zero attached hydrogens (tertiary/aromatic N) is 3. The van der Waals surface area contributed by atoms with E-state index in [4.69, 9.17) is 5.11 Å². The SMILES string of the molecule is O=C(O)C(=O)n1cncn1. The molecule has 0 aliphatic carbocycles. The van der Waals surface area contributed by atoms with E-state index in [-0.39, 0.29) is 0 Å². The van der Waals surface area contributed by atoms with E-state index in [1.807, 2.05) is 0 Å². The quantitative estimate of drug-likeness (QED) is 0.468. The Morgan fingerprint density at radius 2 is 2.20 bits per heavy atom. The first-order valence-corrected chi connectivity index (χ1v) is 2.34. The van der Waals surface area contributed by atoms with Gasteiger partial charge in [-0.05, 0) is 0 Å². The van der Waals surface area contributed by atoms with Crippen LogP contribution < -0.4 is 0 Å². The van der Waals surface area contributed by atoms with Gasteiger partial charge in [0, 0.05) is 0 Å². The van der Waals surface area contributed by atoms with Crippen molar-refractivity contribution in [2.24, 2.45) is 0 Å². The minimum atomic E-state index is -1.55. The number of carboxylic acid groups (broad SMARTS) is 1. The van der Waals surface area contributed by atoms with E-state index < -0.39 is 11.9 Å². The molecule has 0 unspecified atom stereocenters. The third-order valence-corrected chi connectivity index (χ3v) is 0.810. The Morgan fingerprint density at radius 3 is 2.60 bits per heavy atom. The fraction of sp³-hybridized carbons (Fsp3) is 0. The molecule has 6 heteroatoms. The molecule has 0 bridgehead atoms. The average Bonchev–Trinajstić information content (AvgIpc) is 2.36. The van der Waals surface area contributed by atoms with Crippen LogP contribution in [0.15, 0.2) is 12.7 Å². The van der Waals surface area contributed by atoms with Crippen molar-refractivity contribution in [2.75, 3.05) is 0 Å². The van der Waals surface area contributed by atoms with Crippen molar-refractivity contribution in [3.8, 4) is 0 Å². The van der Waals surface area contributed by atoms with Gasteiger partial charge in [0.25, 0.3) is 0 Å². The molecule has 0 radical (unpaired) electrons. The van der Waals surface area contributed by atoms with Crippen LogP contribution in [0.1, 0.15) is 4.79 Å². The summed E-state index contributed by atoms with van der Waals surface area (Å²) in [7, 11) is 0. The van der Waals surface area contributed by atoms with Crippen LogP contribution >= 0.6 is 0 Å².